The Labute approximate surface area is 160 Å². The van der Waals surface area contributed by atoms with Gasteiger partial charge in [0.15, 0.2) is 5.76 Å². The summed E-state index contributed by atoms with van der Waals surface area (Å²) in [4.78, 5) is 15.3. The highest BCUT2D eigenvalue weighted by molar-refractivity contribution is 7.89. The molecule has 0 aliphatic carbocycles. The van der Waals surface area contributed by atoms with Gasteiger partial charge in [0, 0.05) is 32.8 Å². The average molecular weight is 400 g/mol. The van der Waals surface area contributed by atoms with Crippen LogP contribution in [0.1, 0.15) is 44.1 Å². The van der Waals surface area contributed by atoms with Crippen molar-refractivity contribution in [1.82, 2.24) is 14.4 Å². The summed E-state index contributed by atoms with van der Waals surface area (Å²) >= 11 is 0. The number of likely N-dealkylation sites (tertiary alicyclic amines) is 1. The molecule has 3 rings (SSSR count). The number of carbonyl (C=O) groups is 1. The van der Waals surface area contributed by atoms with Gasteiger partial charge in [0.1, 0.15) is 10.6 Å². The number of ether oxygens (including phenoxy) is 1. The third kappa shape index (κ3) is 3.30. The third-order valence-corrected chi connectivity index (χ3v) is 8.31. The molecule has 2 saturated heterocycles. The molecule has 0 bridgehead atoms. The van der Waals surface area contributed by atoms with Gasteiger partial charge < -0.3 is 14.2 Å². The van der Waals surface area contributed by atoms with Gasteiger partial charge in [-0.3, -0.25) is 4.79 Å². The molecule has 3 heterocycles. The van der Waals surface area contributed by atoms with E-state index in [0.717, 1.165) is 6.42 Å². The smallest absolute Gasteiger partial charge is 0.248 e. The van der Waals surface area contributed by atoms with Crippen molar-refractivity contribution in [2.75, 3.05) is 33.4 Å². The van der Waals surface area contributed by atoms with Gasteiger partial charge in [-0.1, -0.05) is 5.16 Å². The molecule has 0 radical (unpaired) electrons. The summed E-state index contributed by atoms with van der Waals surface area (Å²) in [6.45, 7) is 7.24. The van der Waals surface area contributed by atoms with E-state index in [9.17, 15) is 13.2 Å². The van der Waals surface area contributed by atoms with Gasteiger partial charge in [-0.25, -0.2) is 8.42 Å². The molecule has 1 amide bonds. The van der Waals surface area contributed by atoms with Crippen molar-refractivity contribution in [3.63, 3.8) is 0 Å². The highest BCUT2D eigenvalue weighted by atomic mass is 32.2. The molecule has 2 aliphatic rings. The van der Waals surface area contributed by atoms with E-state index in [1.54, 1.807) is 21.0 Å². The summed E-state index contributed by atoms with van der Waals surface area (Å²) < 4.78 is 38.4. The normalized spacial score (nSPS) is 27.5. The molecule has 8 nitrogen and oxygen atoms in total. The molecule has 1 spiro atoms. The highest BCUT2D eigenvalue weighted by Crippen LogP contribution is 2.46. The largest absolute Gasteiger partial charge is 0.383 e. The van der Waals surface area contributed by atoms with Crippen molar-refractivity contribution >= 4 is 15.9 Å². The molecular weight excluding hydrogens is 370 g/mol. The second-order valence-corrected chi connectivity index (χ2v) is 9.42. The monoisotopic (exact) mass is 399 g/mol. The maximum absolute atomic E-state index is 13.4. The van der Waals surface area contributed by atoms with E-state index in [2.05, 4.69) is 5.16 Å². The molecule has 0 unspecified atom stereocenters. The predicted octanol–water partition coefficient (Wildman–Crippen LogP) is 1.72. The van der Waals surface area contributed by atoms with Crippen LogP contribution in [0, 0.1) is 19.3 Å². The quantitative estimate of drug-likeness (QED) is 0.748. The number of amides is 1. The Bertz CT molecular complexity index is 782. The molecule has 2 atom stereocenters. The maximum Gasteiger partial charge on any atom is 0.248 e. The van der Waals surface area contributed by atoms with Crippen LogP contribution in [0.15, 0.2) is 9.42 Å². The molecule has 27 heavy (non-hydrogen) atoms. The predicted molar refractivity (Wildman–Crippen MR) is 98.7 cm³/mol. The van der Waals surface area contributed by atoms with Gasteiger partial charge in [0.2, 0.25) is 15.9 Å². The number of aryl methyl sites for hydroxylation is 2. The first-order valence-electron chi connectivity index (χ1n) is 9.49. The average Bonchev–Trinajstić information content (AvgIpc) is 2.97. The van der Waals surface area contributed by atoms with Crippen molar-refractivity contribution in [2.24, 2.45) is 5.41 Å². The van der Waals surface area contributed by atoms with Crippen LogP contribution in [0.3, 0.4) is 0 Å². The van der Waals surface area contributed by atoms with Crippen molar-refractivity contribution < 1.29 is 22.5 Å². The number of aromatic nitrogens is 1. The van der Waals surface area contributed by atoms with E-state index in [0.29, 0.717) is 51.2 Å². The van der Waals surface area contributed by atoms with E-state index < -0.39 is 21.5 Å². The topological polar surface area (TPSA) is 92.9 Å². The van der Waals surface area contributed by atoms with Crippen LogP contribution in [-0.4, -0.2) is 68.1 Å². The zero-order chi connectivity index (χ0) is 19.8. The standard InChI is InChI=1S/C18H29N3O5S/c1-13-16(14(2)26-19-13)27(23,24)21-10-6-8-18(15(21)3)7-5-9-20(17(18)22)11-12-25-4/h15H,5-12H2,1-4H3/t15-,18+/m1/s1. The minimum absolute atomic E-state index is 0.0527. The number of hydrogen-bond acceptors (Lipinski definition) is 6. The van der Waals surface area contributed by atoms with Crippen molar-refractivity contribution in [1.29, 1.82) is 0 Å². The molecule has 1 aromatic heterocycles. The number of rotatable bonds is 5. The van der Waals surface area contributed by atoms with Gasteiger partial charge in [0.25, 0.3) is 0 Å². The molecule has 0 aromatic carbocycles. The number of sulfonamides is 1. The lowest BCUT2D eigenvalue weighted by Crippen LogP contribution is -2.62. The Morgan fingerprint density at radius 1 is 1.26 bits per heavy atom. The Balaban J connectivity index is 1.94. The molecule has 152 valence electrons. The van der Waals surface area contributed by atoms with Crippen LogP contribution in [-0.2, 0) is 19.6 Å². The first-order valence-corrected chi connectivity index (χ1v) is 10.9. The van der Waals surface area contributed by atoms with Gasteiger partial charge in [-0.2, -0.15) is 4.31 Å². The summed E-state index contributed by atoms with van der Waals surface area (Å²) in [5, 5.41) is 3.80. The number of hydrogen-bond donors (Lipinski definition) is 0. The Kier molecular flexibility index (Phi) is 5.65. The molecule has 2 aliphatic heterocycles. The van der Waals surface area contributed by atoms with Crippen LogP contribution >= 0.6 is 0 Å². The van der Waals surface area contributed by atoms with Crippen LogP contribution in [0.5, 0.6) is 0 Å². The second kappa shape index (κ2) is 7.52. The minimum atomic E-state index is -3.78. The summed E-state index contributed by atoms with van der Waals surface area (Å²) in [5.41, 5.74) is -0.313. The molecule has 1 aromatic rings. The number of methoxy groups -OCH3 is 1. The fraction of sp³-hybridized carbons (Fsp3) is 0.778. The first kappa shape index (κ1) is 20.3. The van der Waals surface area contributed by atoms with E-state index in [1.807, 2.05) is 11.8 Å². The van der Waals surface area contributed by atoms with Crippen LogP contribution in [0.25, 0.3) is 0 Å². The molecule has 0 N–H and O–H groups in total. The summed E-state index contributed by atoms with van der Waals surface area (Å²) in [5.74, 6) is 0.341. The first-order chi connectivity index (χ1) is 12.8. The fourth-order valence-electron chi connectivity index (χ4n) is 4.66. The fourth-order valence-corrected chi connectivity index (χ4v) is 6.69. The van der Waals surface area contributed by atoms with Crippen molar-refractivity contribution in [3.8, 4) is 0 Å². The zero-order valence-electron chi connectivity index (χ0n) is 16.5. The Morgan fingerprint density at radius 2 is 1.93 bits per heavy atom. The number of carbonyl (C=O) groups excluding carboxylic acids is 1. The molecule has 0 saturated carbocycles. The molecule has 2 fully saturated rings. The lowest BCUT2D eigenvalue weighted by atomic mass is 9.68. The van der Waals surface area contributed by atoms with E-state index in [4.69, 9.17) is 9.26 Å². The van der Waals surface area contributed by atoms with Crippen LogP contribution in [0.4, 0.5) is 0 Å². The van der Waals surface area contributed by atoms with E-state index in [1.165, 1.54) is 4.31 Å². The van der Waals surface area contributed by atoms with Crippen LogP contribution < -0.4 is 0 Å². The number of piperidine rings is 2. The van der Waals surface area contributed by atoms with Crippen LogP contribution in [0.2, 0.25) is 0 Å². The maximum atomic E-state index is 13.4. The minimum Gasteiger partial charge on any atom is -0.383 e. The lowest BCUT2D eigenvalue weighted by Gasteiger charge is -2.51. The SMILES string of the molecule is COCCN1CCC[C@@]2(CCCN(S(=O)(=O)c3c(C)noc3C)[C@@H]2C)C1=O. The Morgan fingerprint density at radius 3 is 2.52 bits per heavy atom. The van der Waals surface area contributed by atoms with E-state index >= 15 is 0 Å². The summed E-state index contributed by atoms with van der Waals surface area (Å²) in [6, 6.07) is -0.414. The van der Waals surface area contributed by atoms with Crippen molar-refractivity contribution in [2.45, 2.75) is 57.4 Å². The second-order valence-electron chi connectivity index (χ2n) is 7.59. The van der Waals surface area contributed by atoms with Crippen molar-refractivity contribution in [3.05, 3.63) is 11.5 Å². The summed E-state index contributed by atoms with van der Waals surface area (Å²) in [6.07, 6.45) is 2.96. The van der Waals surface area contributed by atoms with Gasteiger partial charge >= 0.3 is 0 Å². The van der Waals surface area contributed by atoms with Gasteiger partial charge in [-0.15, -0.1) is 0 Å². The highest BCUT2D eigenvalue weighted by Gasteiger charge is 2.54. The zero-order valence-corrected chi connectivity index (χ0v) is 17.3. The van der Waals surface area contributed by atoms with Gasteiger partial charge in [0.05, 0.1) is 12.0 Å². The lowest BCUT2D eigenvalue weighted by molar-refractivity contribution is -0.153. The van der Waals surface area contributed by atoms with Gasteiger partial charge in [-0.05, 0) is 46.5 Å². The van der Waals surface area contributed by atoms with E-state index in [-0.39, 0.29) is 16.6 Å². The third-order valence-electron chi connectivity index (χ3n) is 6.10. The number of nitrogens with zero attached hydrogens (tertiary/aromatic N) is 3. The Hall–Kier alpha value is -1.45. The molecule has 9 heteroatoms. The summed E-state index contributed by atoms with van der Waals surface area (Å²) in [7, 11) is -2.16. The molecular formula is C18H29N3O5S.